The topological polar surface area (TPSA) is 121 Å². The molecular weight excluding hydrogens is 481 g/mol. The molecule has 2 aliphatic heterocycles. The van der Waals surface area contributed by atoms with Gasteiger partial charge < -0.3 is 20.2 Å². The lowest BCUT2D eigenvalue weighted by Crippen LogP contribution is -2.50. The Labute approximate surface area is 204 Å². The van der Waals surface area contributed by atoms with E-state index >= 15 is 0 Å². The first-order valence-electron chi connectivity index (χ1n) is 11.2. The molecular formula is C24H25F3N4O5. The molecule has 1 spiro atoms. The number of anilines is 1. The number of benzene rings is 1. The minimum atomic E-state index is -5.08. The monoisotopic (exact) mass is 506 g/mol. The lowest BCUT2D eigenvalue weighted by atomic mass is 9.87. The molecule has 0 aliphatic carbocycles. The molecule has 1 saturated heterocycles. The van der Waals surface area contributed by atoms with Crippen LogP contribution in [0, 0.1) is 0 Å². The van der Waals surface area contributed by atoms with E-state index in [-0.39, 0.29) is 11.8 Å². The van der Waals surface area contributed by atoms with Crippen LogP contribution in [-0.4, -0.2) is 63.4 Å². The number of oxime groups is 1. The molecule has 1 fully saturated rings. The predicted molar refractivity (Wildman–Crippen MR) is 123 cm³/mol. The summed E-state index contributed by atoms with van der Waals surface area (Å²) in [7, 11) is 0. The number of rotatable bonds is 5. The number of hydrogen-bond donors (Lipinski definition) is 2. The van der Waals surface area contributed by atoms with Crippen molar-refractivity contribution in [3.63, 3.8) is 0 Å². The number of carbonyl (C=O) groups is 3. The number of amides is 2. The zero-order chi connectivity index (χ0) is 26.2. The summed E-state index contributed by atoms with van der Waals surface area (Å²) >= 11 is 0. The Hall–Kier alpha value is -3.96. The number of carbonyl (C=O) groups excluding carboxylic acids is 2. The number of nitrogens with zero attached hydrogens (tertiary/aromatic N) is 3. The second-order valence-corrected chi connectivity index (χ2v) is 8.39. The average molecular weight is 506 g/mol. The molecule has 1 aromatic heterocycles. The van der Waals surface area contributed by atoms with Gasteiger partial charge >= 0.3 is 12.1 Å². The number of piperidine rings is 1. The number of aliphatic carboxylic acids is 1. The maximum absolute atomic E-state index is 12.7. The van der Waals surface area contributed by atoms with Gasteiger partial charge in [-0.2, -0.15) is 13.2 Å². The van der Waals surface area contributed by atoms with Gasteiger partial charge in [-0.05, 0) is 37.0 Å². The van der Waals surface area contributed by atoms with Gasteiger partial charge in [0.1, 0.15) is 5.71 Å². The summed E-state index contributed by atoms with van der Waals surface area (Å²) in [5.74, 6) is -2.93. The summed E-state index contributed by atoms with van der Waals surface area (Å²) in [6.45, 7) is 1.18. The van der Waals surface area contributed by atoms with Crippen molar-refractivity contribution in [3.05, 3.63) is 60.4 Å². The molecule has 3 heterocycles. The van der Waals surface area contributed by atoms with E-state index in [4.69, 9.17) is 14.7 Å². The zero-order valence-corrected chi connectivity index (χ0v) is 19.2. The standard InChI is InChI=1S/C22H24N4O3.C2HF3O2/c27-20(10-9-17-6-2-1-3-7-17)26-13-5-11-22(16-26)14-19(25-29-22)21(28)24-18-8-4-12-23-15-18;3-2(4,5)1(6)7/h1-4,6-8,12,15H,5,9-11,13-14,16H2,(H,24,28);(H,6,7). The fourth-order valence-corrected chi connectivity index (χ4v) is 3.87. The van der Waals surface area contributed by atoms with E-state index < -0.39 is 17.7 Å². The average Bonchev–Trinajstić information content (AvgIpc) is 3.26. The highest BCUT2D eigenvalue weighted by Crippen LogP contribution is 2.34. The summed E-state index contributed by atoms with van der Waals surface area (Å²) in [5, 5.41) is 14.0. The van der Waals surface area contributed by atoms with E-state index in [1.807, 2.05) is 35.2 Å². The molecule has 2 aromatic rings. The van der Waals surface area contributed by atoms with Crippen LogP contribution in [0.5, 0.6) is 0 Å². The summed E-state index contributed by atoms with van der Waals surface area (Å²) < 4.78 is 31.7. The third-order valence-corrected chi connectivity index (χ3v) is 5.63. The van der Waals surface area contributed by atoms with Crippen molar-refractivity contribution in [1.82, 2.24) is 9.88 Å². The van der Waals surface area contributed by atoms with Crippen LogP contribution in [0.1, 0.15) is 31.2 Å². The SMILES string of the molecule is O=C(Nc1cccnc1)C1=NOC2(CCCN(C(=O)CCc3ccccc3)C2)C1.O=C(O)C(F)(F)F. The van der Waals surface area contributed by atoms with Crippen molar-refractivity contribution in [2.75, 3.05) is 18.4 Å². The fourth-order valence-electron chi connectivity index (χ4n) is 3.87. The van der Waals surface area contributed by atoms with E-state index in [0.29, 0.717) is 30.8 Å². The maximum atomic E-state index is 12.7. The fraction of sp³-hybridized carbons (Fsp3) is 0.375. The van der Waals surface area contributed by atoms with Crippen molar-refractivity contribution < 1.29 is 37.5 Å². The van der Waals surface area contributed by atoms with Gasteiger partial charge in [0.2, 0.25) is 5.91 Å². The Morgan fingerprint density at radius 3 is 2.50 bits per heavy atom. The molecule has 2 N–H and O–H groups in total. The van der Waals surface area contributed by atoms with Crippen molar-refractivity contribution in [3.8, 4) is 0 Å². The van der Waals surface area contributed by atoms with Gasteiger partial charge in [0.05, 0.1) is 18.4 Å². The largest absolute Gasteiger partial charge is 0.490 e. The summed E-state index contributed by atoms with van der Waals surface area (Å²) in [5.41, 5.74) is 1.53. The number of likely N-dealkylation sites (tertiary alicyclic amines) is 1. The Balaban J connectivity index is 0.000000454. The van der Waals surface area contributed by atoms with Gasteiger partial charge in [-0.1, -0.05) is 35.5 Å². The van der Waals surface area contributed by atoms with Gasteiger partial charge in [0, 0.05) is 25.6 Å². The van der Waals surface area contributed by atoms with Crippen molar-refractivity contribution in [2.45, 2.75) is 43.9 Å². The van der Waals surface area contributed by atoms with Crippen LogP contribution in [0.4, 0.5) is 18.9 Å². The van der Waals surface area contributed by atoms with Crippen LogP contribution in [0.2, 0.25) is 0 Å². The highest BCUT2D eigenvalue weighted by atomic mass is 19.4. The summed E-state index contributed by atoms with van der Waals surface area (Å²) in [6.07, 6.45) is 1.35. The smallest absolute Gasteiger partial charge is 0.475 e. The normalized spacial score (nSPS) is 19.0. The molecule has 2 aliphatic rings. The molecule has 12 heteroatoms. The first kappa shape index (κ1) is 26.6. The molecule has 192 valence electrons. The summed E-state index contributed by atoms with van der Waals surface area (Å²) in [4.78, 5) is 45.6. The third kappa shape index (κ3) is 7.52. The number of halogens is 3. The Bertz CT molecular complexity index is 1100. The minimum absolute atomic E-state index is 0.116. The van der Waals surface area contributed by atoms with Crippen LogP contribution < -0.4 is 5.32 Å². The lowest BCUT2D eigenvalue weighted by Gasteiger charge is -2.38. The third-order valence-electron chi connectivity index (χ3n) is 5.63. The van der Waals surface area contributed by atoms with Gasteiger partial charge in [-0.3, -0.25) is 14.6 Å². The van der Waals surface area contributed by atoms with Crippen molar-refractivity contribution in [2.24, 2.45) is 5.16 Å². The highest BCUT2D eigenvalue weighted by molar-refractivity contribution is 6.43. The van der Waals surface area contributed by atoms with Gasteiger partial charge in [0.25, 0.3) is 5.91 Å². The second-order valence-electron chi connectivity index (χ2n) is 8.39. The van der Waals surface area contributed by atoms with Crippen molar-refractivity contribution in [1.29, 1.82) is 0 Å². The van der Waals surface area contributed by atoms with E-state index in [1.54, 1.807) is 24.5 Å². The zero-order valence-electron chi connectivity index (χ0n) is 19.2. The molecule has 2 amide bonds. The molecule has 36 heavy (non-hydrogen) atoms. The number of nitrogens with one attached hydrogen (secondary N) is 1. The maximum Gasteiger partial charge on any atom is 0.490 e. The van der Waals surface area contributed by atoms with E-state index in [0.717, 1.165) is 31.4 Å². The van der Waals surface area contributed by atoms with Crippen LogP contribution >= 0.6 is 0 Å². The van der Waals surface area contributed by atoms with E-state index in [1.165, 1.54) is 0 Å². The van der Waals surface area contributed by atoms with Crippen LogP contribution in [0.25, 0.3) is 0 Å². The van der Waals surface area contributed by atoms with Gasteiger partial charge in [0.15, 0.2) is 5.60 Å². The first-order valence-corrected chi connectivity index (χ1v) is 11.2. The van der Waals surface area contributed by atoms with E-state index in [9.17, 15) is 22.8 Å². The van der Waals surface area contributed by atoms with Crippen LogP contribution in [-0.2, 0) is 25.6 Å². The number of carboxylic acids is 1. The number of alkyl halides is 3. The minimum Gasteiger partial charge on any atom is -0.475 e. The molecule has 0 bridgehead atoms. The highest BCUT2D eigenvalue weighted by Gasteiger charge is 2.45. The number of carboxylic acid groups (broad SMARTS) is 1. The van der Waals surface area contributed by atoms with Gasteiger partial charge in [-0.15, -0.1) is 0 Å². The van der Waals surface area contributed by atoms with Crippen LogP contribution in [0.3, 0.4) is 0 Å². The summed E-state index contributed by atoms with van der Waals surface area (Å²) in [6, 6.07) is 13.5. The molecule has 0 saturated carbocycles. The second kappa shape index (κ2) is 11.6. The Kier molecular flexibility index (Phi) is 8.62. The Morgan fingerprint density at radius 2 is 1.86 bits per heavy atom. The number of aromatic nitrogens is 1. The number of aryl methyl sites for hydroxylation is 1. The predicted octanol–water partition coefficient (Wildman–Crippen LogP) is 3.42. The molecule has 1 aromatic carbocycles. The van der Waals surface area contributed by atoms with Crippen molar-refractivity contribution >= 4 is 29.2 Å². The molecule has 0 radical (unpaired) electrons. The number of pyridine rings is 1. The Morgan fingerprint density at radius 1 is 1.14 bits per heavy atom. The lowest BCUT2D eigenvalue weighted by molar-refractivity contribution is -0.192. The molecule has 1 unspecified atom stereocenters. The molecule has 9 nitrogen and oxygen atoms in total. The van der Waals surface area contributed by atoms with E-state index in [2.05, 4.69) is 15.5 Å². The number of hydrogen-bond acceptors (Lipinski definition) is 6. The first-order chi connectivity index (χ1) is 17.1. The van der Waals surface area contributed by atoms with Gasteiger partial charge in [-0.25, -0.2) is 4.79 Å². The van der Waals surface area contributed by atoms with Crippen LogP contribution in [0.15, 0.2) is 60.0 Å². The molecule has 4 rings (SSSR count). The quantitative estimate of drug-likeness (QED) is 0.641. The molecule has 1 atom stereocenters.